The summed E-state index contributed by atoms with van der Waals surface area (Å²) < 4.78 is 10.2. The molecular formula is C24H35NO5S. The lowest BCUT2D eigenvalue weighted by Crippen LogP contribution is -2.55. The van der Waals surface area contributed by atoms with Crippen LogP contribution >= 0.6 is 12.6 Å². The van der Waals surface area contributed by atoms with Crippen molar-refractivity contribution in [2.24, 2.45) is 29.4 Å². The number of carboxylic acids is 1. The molecule has 4 aliphatic carbocycles. The van der Waals surface area contributed by atoms with Crippen molar-refractivity contribution in [2.45, 2.75) is 63.7 Å². The number of nitrogens with two attached hydrogens (primary N) is 1. The Kier molecular flexibility index (Phi) is 8.42. The zero-order valence-corrected chi connectivity index (χ0v) is 19.1. The maximum Gasteiger partial charge on any atom is 0.347 e. The van der Waals surface area contributed by atoms with Crippen molar-refractivity contribution in [1.29, 1.82) is 0 Å². The van der Waals surface area contributed by atoms with Gasteiger partial charge in [-0.3, -0.25) is 4.79 Å². The minimum atomic E-state index is -1.30. The van der Waals surface area contributed by atoms with Gasteiger partial charge >= 0.3 is 11.9 Å². The Hall–Kier alpha value is -1.57. The van der Waals surface area contributed by atoms with Crippen LogP contribution in [0, 0.1) is 23.7 Å². The number of benzene rings is 1. The third-order valence-corrected chi connectivity index (χ3v) is 7.22. The molecule has 0 radical (unpaired) electrons. The molecule has 6 nitrogen and oxygen atoms in total. The monoisotopic (exact) mass is 449 g/mol. The maximum absolute atomic E-state index is 11.5. The number of hydrogen-bond acceptors (Lipinski definition) is 6. The molecule has 1 aromatic carbocycles. The third-order valence-electron chi connectivity index (χ3n) is 6.68. The first-order valence-electron chi connectivity index (χ1n) is 11.2. The Labute approximate surface area is 190 Å². The molecule has 0 amide bonds. The Balaban J connectivity index is 0.000000204. The van der Waals surface area contributed by atoms with E-state index >= 15 is 0 Å². The Morgan fingerprint density at radius 1 is 1.13 bits per heavy atom. The van der Waals surface area contributed by atoms with Gasteiger partial charge in [-0.1, -0.05) is 37.3 Å². The van der Waals surface area contributed by atoms with Gasteiger partial charge in [0, 0.05) is 11.3 Å². The van der Waals surface area contributed by atoms with Gasteiger partial charge in [-0.05, 0) is 61.8 Å². The summed E-state index contributed by atoms with van der Waals surface area (Å²) in [6.45, 7) is 1.71. The van der Waals surface area contributed by atoms with E-state index < -0.39 is 24.0 Å². The summed E-state index contributed by atoms with van der Waals surface area (Å²) in [5.41, 5.74) is 7.54. The van der Waals surface area contributed by atoms with E-state index in [1.54, 1.807) is 6.92 Å². The van der Waals surface area contributed by atoms with Gasteiger partial charge in [-0.15, -0.1) is 0 Å². The van der Waals surface area contributed by atoms with E-state index in [0.29, 0.717) is 11.3 Å². The molecule has 4 aliphatic rings. The van der Waals surface area contributed by atoms with E-state index in [1.807, 2.05) is 30.3 Å². The lowest BCUT2D eigenvalue weighted by atomic mass is 9.53. The highest BCUT2D eigenvalue weighted by atomic mass is 32.1. The van der Waals surface area contributed by atoms with Crippen molar-refractivity contribution >= 4 is 24.6 Å². The van der Waals surface area contributed by atoms with E-state index in [4.69, 9.17) is 20.3 Å². The van der Waals surface area contributed by atoms with E-state index in [9.17, 15) is 9.59 Å². The smallest absolute Gasteiger partial charge is 0.347 e. The molecule has 31 heavy (non-hydrogen) atoms. The molecule has 1 aromatic rings. The average Bonchev–Trinajstić information content (AvgIpc) is 2.71. The van der Waals surface area contributed by atoms with Crippen molar-refractivity contribution < 1.29 is 24.2 Å². The molecule has 0 aromatic heterocycles. The molecular weight excluding hydrogens is 414 g/mol. The number of carbonyl (C=O) groups is 2. The highest BCUT2D eigenvalue weighted by molar-refractivity contribution is 7.80. The summed E-state index contributed by atoms with van der Waals surface area (Å²) in [6, 6.07) is 9.34. The molecule has 172 valence electrons. The van der Waals surface area contributed by atoms with Crippen molar-refractivity contribution in [3.63, 3.8) is 0 Å². The van der Waals surface area contributed by atoms with Crippen LogP contribution in [0.5, 0.6) is 0 Å². The number of carbonyl (C=O) groups excluding carboxylic acids is 1. The first-order chi connectivity index (χ1) is 14.8. The van der Waals surface area contributed by atoms with Crippen LogP contribution < -0.4 is 5.73 Å². The van der Waals surface area contributed by atoms with Crippen molar-refractivity contribution in [3.8, 4) is 0 Å². The maximum atomic E-state index is 11.5. The molecule has 4 bridgehead atoms. The molecule has 4 saturated carbocycles. The first-order valence-corrected chi connectivity index (χ1v) is 11.9. The number of hydrogen-bond donors (Lipinski definition) is 3. The van der Waals surface area contributed by atoms with Crippen LogP contribution in [0.1, 0.15) is 51.0 Å². The second-order valence-electron chi connectivity index (χ2n) is 9.63. The van der Waals surface area contributed by atoms with E-state index in [2.05, 4.69) is 12.6 Å². The standard InChI is InChI=1S/C14H18O5S.C10H17N/c1-10(9-20)14(17)19-12(13(15)16)8-18-7-11-5-3-2-4-6-11;11-10-4-7-1-8(5-10)3-9(2-7)6-10/h2-6,10,12,20H,7-9H2,1H3,(H,15,16);7-9H,1-6,11H2/t10-,12+;/m1./s1. The summed E-state index contributed by atoms with van der Waals surface area (Å²) in [5.74, 6) is 1.10. The molecule has 0 heterocycles. The summed E-state index contributed by atoms with van der Waals surface area (Å²) in [5, 5.41) is 9.00. The number of esters is 1. The molecule has 0 aliphatic heterocycles. The average molecular weight is 450 g/mol. The van der Waals surface area contributed by atoms with Gasteiger partial charge in [-0.2, -0.15) is 12.6 Å². The highest BCUT2D eigenvalue weighted by Crippen LogP contribution is 2.54. The molecule has 0 saturated heterocycles. The molecule has 3 N–H and O–H groups in total. The normalized spacial score (nSPS) is 30.1. The zero-order valence-electron chi connectivity index (χ0n) is 18.2. The van der Waals surface area contributed by atoms with Crippen LogP contribution in [0.4, 0.5) is 0 Å². The van der Waals surface area contributed by atoms with Crippen LogP contribution in [0.2, 0.25) is 0 Å². The molecule has 0 unspecified atom stereocenters. The van der Waals surface area contributed by atoms with Gasteiger partial charge in [0.2, 0.25) is 6.10 Å². The van der Waals surface area contributed by atoms with Crippen LogP contribution in [-0.4, -0.2) is 41.0 Å². The van der Waals surface area contributed by atoms with Gasteiger partial charge in [0.15, 0.2) is 0 Å². The fraction of sp³-hybridized carbons (Fsp3) is 0.667. The molecule has 0 spiro atoms. The van der Waals surface area contributed by atoms with E-state index in [-0.39, 0.29) is 13.2 Å². The second kappa shape index (κ2) is 10.8. The molecule has 7 heteroatoms. The minimum Gasteiger partial charge on any atom is -0.478 e. The van der Waals surface area contributed by atoms with Gasteiger partial charge < -0.3 is 20.3 Å². The quantitative estimate of drug-likeness (QED) is 0.414. The summed E-state index contributed by atoms with van der Waals surface area (Å²) in [4.78, 5) is 22.5. The van der Waals surface area contributed by atoms with Crippen molar-refractivity contribution in [2.75, 3.05) is 12.4 Å². The number of thiol groups is 1. The van der Waals surface area contributed by atoms with Gasteiger partial charge in [0.25, 0.3) is 0 Å². The van der Waals surface area contributed by atoms with Crippen LogP contribution in [-0.2, 0) is 25.7 Å². The Bertz CT molecular complexity index is 705. The first kappa shape index (κ1) is 24.1. The number of rotatable bonds is 8. The highest BCUT2D eigenvalue weighted by Gasteiger charge is 2.48. The van der Waals surface area contributed by atoms with Crippen LogP contribution in [0.3, 0.4) is 0 Å². The third kappa shape index (κ3) is 6.96. The summed E-state index contributed by atoms with van der Waals surface area (Å²) in [6.07, 6.45) is 7.27. The second-order valence-corrected chi connectivity index (χ2v) is 9.99. The van der Waals surface area contributed by atoms with Gasteiger partial charge in [-0.25, -0.2) is 4.79 Å². The molecule has 2 atom stereocenters. The van der Waals surface area contributed by atoms with Gasteiger partial charge in [0.05, 0.1) is 19.1 Å². The minimum absolute atomic E-state index is 0.185. The van der Waals surface area contributed by atoms with Crippen molar-refractivity contribution in [3.05, 3.63) is 35.9 Å². The predicted octanol–water partition coefficient (Wildman–Crippen LogP) is 3.68. The molecule has 4 fully saturated rings. The Morgan fingerprint density at radius 3 is 2.13 bits per heavy atom. The van der Waals surface area contributed by atoms with E-state index in [1.165, 1.54) is 38.5 Å². The predicted molar refractivity (Wildman–Crippen MR) is 122 cm³/mol. The van der Waals surface area contributed by atoms with Gasteiger partial charge in [0.1, 0.15) is 0 Å². The number of carboxylic acid groups (broad SMARTS) is 1. The molecule has 5 rings (SSSR count). The topological polar surface area (TPSA) is 98.8 Å². The summed E-state index contributed by atoms with van der Waals surface area (Å²) >= 11 is 3.97. The number of aliphatic carboxylic acids is 1. The largest absolute Gasteiger partial charge is 0.478 e. The fourth-order valence-electron chi connectivity index (χ4n) is 5.52. The Morgan fingerprint density at radius 2 is 1.68 bits per heavy atom. The van der Waals surface area contributed by atoms with Crippen molar-refractivity contribution in [1.82, 2.24) is 0 Å². The lowest BCUT2D eigenvalue weighted by Gasteiger charge is -2.55. The zero-order chi connectivity index (χ0) is 22.4. The SMILES string of the molecule is C[C@H](CS)C(=O)O[C@@H](COCc1ccccc1)C(=O)O.NC12CC3CC(CC(C3)C1)C2. The van der Waals surface area contributed by atoms with Crippen LogP contribution in [0.15, 0.2) is 30.3 Å². The number of ether oxygens (including phenoxy) is 2. The lowest BCUT2D eigenvalue weighted by molar-refractivity contribution is -0.170. The fourth-order valence-corrected chi connectivity index (χ4v) is 5.67. The van der Waals surface area contributed by atoms with E-state index in [0.717, 1.165) is 23.3 Å². The van der Waals surface area contributed by atoms with Crippen LogP contribution in [0.25, 0.3) is 0 Å². The summed E-state index contributed by atoms with van der Waals surface area (Å²) in [7, 11) is 0.